The Morgan fingerprint density at radius 3 is 2.28 bits per heavy atom. The molecule has 156 valence electrons. The highest BCUT2D eigenvalue weighted by molar-refractivity contribution is 6.18. The van der Waals surface area contributed by atoms with Crippen molar-refractivity contribution in [2.24, 2.45) is 4.99 Å². The van der Waals surface area contributed by atoms with Gasteiger partial charge in [0.15, 0.2) is 11.5 Å². The van der Waals surface area contributed by atoms with Crippen LogP contribution in [0.25, 0.3) is 0 Å². The first kappa shape index (κ1) is 22.8. The summed E-state index contributed by atoms with van der Waals surface area (Å²) in [5.41, 5.74) is 3.88. The normalized spacial score (nSPS) is 13.4. The van der Waals surface area contributed by atoms with E-state index < -0.39 is 5.92 Å². The molecule has 1 aliphatic rings. The lowest BCUT2D eigenvalue weighted by Crippen LogP contribution is -2.39. The predicted molar refractivity (Wildman–Crippen MR) is 119 cm³/mol. The minimum absolute atomic E-state index is 0. The van der Waals surface area contributed by atoms with Crippen molar-refractivity contribution in [3.63, 3.8) is 0 Å². The van der Waals surface area contributed by atoms with Crippen LogP contribution in [0.2, 0.25) is 0 Å². The number of halogens is 1. The highest BCUT2D eigenvalue weighted by Crippen LogP contribution is 2.36. The number of methoxy groups -OCH3 is 2. The number of likely N-dealkylation sites (N-methyl/N-ethyl adjacent to an activating group) is 1. The molecule has 2 aromatic rings. The number of benzene rings is 2. The Morgan fingerprint density at radius 2 is 1.69 bits per heavy atom. The Hall–Kier alpha value is -2.53. The lowest BCUT2D eigenvalue weighted by atomic mass is 9.84. The molecule has 0 spiro atoms. The number of hydrogen-bond donors (Lipinski definition) is 0. The van der Waals surface area contributed by atoms with Gasteiger partial charge in [0.05, 0.1) is 19.9 Å². The Labute approximate surface area is 179 Å². The predicted octanol–water partition coefficient (Wildman–Crippen LogP) is 4.12. The highest BCUT2D eigenvalue weighted by Gasteiger charge is 2.33. The van der Waals surface area contributed by atoms with Crippen LogP contribution in [0.3, 0.4) is 0 Å². The van der Waals surface area contributed by atoms with E-state index in [0.717, 1.165) is 28.8 Å². The molecule has 1 heterocycles. The maximum atomic E-state index is 13.5. The number of carbonyl (C=O) groups excluding carboxylic acids is 1. The van der Waals surface area contributed by atoms with Gasteiger partial charge in [-0.2, -0.15) is 0 Å². The minimum Gasteiger partial charge on any atom is -0.493 e. The summed E-state index contributed by atoms with van der Waals surface area (Å²) in [6.45, 7) is 6.02. The van der Waals surface area contributed by atoms with Crippen LogP contribution in [0.4, 0.5) is 0 Å². The zero-order chi connectivity index (χ0) is 20.1. The van der Waals surface area contributed by atoms with E-state index in [-0.39, 0.29) is 18.3 Å². The second-order valence-electron chi connectivity index (χ2n) is 6.74. The van der Waals surface area contributed by atoms with E-state index in [9.17, 15) is 4.79 Å². The van der Waals surface area contributed by atoms with Crippen molar-refractivity contribution in [3.8, 4) is 11.5 Å². The Bertz CT molecular complexity index is 864. The molecule has 3 rings (SSSR count). The number of aliphatic imine (C=N–C) groups is 1. The van der Waals surface area contributed by atoms with Gasteiger partial charge < -0.3 is 14.4 Å². The second kappa shape index (κ2) is 10.3. The summed E-state index contributed by atoms with van der Waals surface area (Å²) in [4.78, 5) is 20.2. The largest absolute Gasteiger partial charge is 0.493 e. The molecule has 0 saturated carbocycles. The van der Waals surface area contributed by atoms with Gasteiger partial charge in [-0.1, -0.05) is 30.3 Å². The van der Waals surface area contributed by atoms with Crippen LogP contribution in [0, 0.1) is 0 Å². The molecule has 6 heteroatoms. The molecule has 0 radical (unpaired) electrons. The third kappa shape index (κ3) is 4.56. The summed E-state index contributed by atoms with van der Waals surface area (Å²) in [7, 11) is 3.26. The summed E-state index contributed by atoms with van der Waals surface area (Å²) in [6.07, 6.45) is 0.820. The van der Waals surface area contributed by atoms with E-state index in [1.54, 1.807) is 14.2 Å². The standard InChI is InChI=1S/C23H28N2O3.ClH/c1-5-25(6-2)23(26)21(16-10-8-7-9-11-16)22-18-15-20(28-4)19(27-3)14-17(18)12-13-24-22;/h7-11,14-15,21H,5-6,12-13H2,1-4H3;1H. The number of ether oxygens (including phenoxy) is 2. The molecule has 0 saturated heterocycles. The van der Waals surface area contributed by atoms with Crippen molar-refractivity contribution >= 4 is 24.0 Å². The minimum atomic E-state index is -0.432. The average molecular weight is 417 g/mol. The maximum Gasteiger partial charge on any atom is 0.236 e. The summed E-state index contributed by atoms with van der Waals surface area (Å²) < 4.78 is 11.0. The third-order valence-electron chi connectivity index (χ3n) is 5.28. The molecule has 0 bridgehead atoms. The molecule has 1 atom stereocenters. The first-order chi connectivity index (χ1) is 13.6. The van der Waals surface area contributed by atoms with Crippen LogP contribution in [-0.4, -0.2) is 50.4 Å². The van der Waals surface area contributed by atoms with E-state index >= 15 is 0 Å². The maximum absolute atomic E-state index is 13.5. The van der Waals surface area contributed by atoms with Gasteiger partial charge in [-0.25, -0.2) is 0 Å². The van der Waals surface area contributed by atoms with Crippen molar-refractivity contribution in [2.45, 2.75) is 26.2 Å². The van der Waals surface area contributed by atoms with Gasteiger partial charge in [0.1, 0.15) is 5.92 Å². The third-order valence-corrected chi connectivity index (χ3v) is 5.28. The molecule has 1 unspecified atom stereocenters. The fourth-order valence-corrected chi connectivity index (χ4v) is 3.78. The van der Waals surface area contributed by atoms with Gasteiger partial charge in [-0.15, -0.1) is 12.4 Å². The van der Waals surface area contributed by atoms with Crippen LogP contribution < -0.4 is 9.47 Å². The van der Waals surface area contributed by atoms with Gasteiger partial charge in [0.2, 0.25) is 5.91 Å². The summed E-state index contributed by atoms with van der Waals surface area (Å²) in [5, 5.41) is 0. The first-order valence-corrected chi connectivity index (χ1v) is 9.77. The van der Waals surface area contributed by atoms with Gasteiger partial charge in [0.25, 0.3) is 0 Å². The Kier molecular flexibility index (Phi) is 8.09. The quantitative estimate of drug-likeness (QED) is 0.682. The molecule has 0 fully saturated rings. The Morgan fingerprint density at radius 1 is 1.07 bits per heavy atom. The van der Waals surface area contributed by atoms with Crippen LogP contribution in [-0.2, 0) is 11.2 Å². The van der Waals surface area contributed by atoms with Crippen LogP contribution in [0.1, 0.15) is 36.5 Å². The molecular weight excluding hydrogens is 388 g/mol. The molecule has 0 aromatic heterocycles. The van der Waals surface area contributed by atoms with E-state index in [1.807, 2.05) is 61.2 Å². The van der Waals surface area contributed by atoms with Gasteiger partial charge in [-0.05, 0) is 43.5 Å². The van der Waals surface area contributed by atoms with Crippen molar-refractivity contribution in [2.75, 3.05) is 33.9 Å². The first-order valence-electron chi connectivity index (χ1n) is 9.77. The van der Waals surface area contributed by atoms with Crippen molar-refractivity contribution in [1.29, 1.82) is 0 Å². The van der Waals surface area contributed by atoms with Crippen molar-refractivity contribution in [3.05, 3.63) is 59.2 Å². The molecular formula is C23H29ClN2O3. The molecule has 2 aromatic carbocycles. The van der Waals surface area contributed by atoms with Crippen LogP contribution in [0.15, 0.2) is 47.5 Å². The smallest absolute Gasteiger partial charge is 0.236 e. The second-order valence-corrected chi connectivity index (χ2v) is 6.74. The fraction of sp³-hybridized carbons (Fsp3) is 0.391. The molecule has 0 N–H and O–H groups in total. The number of nitrogens with zero attached hydrogens (tertiary/aromatic N) is 2. The van der Waals surface area contributed by atoms with Gasteiger partial charge in [0, 0.05) is 25.2 Å². The molecule has 5 nitrogen and oxygen atoms in total. The van der Waals surface area contributed by atoms with Gasteiger partial charge >= 0.3 is 0 Å². The Balaban J connectivity index is 0.00000300. The summed E-state index contributed by atoms with van der Waals surface area (Å²) >= 11 is 0. The lowest BCUT2D eigenvalue weighted by molar-refractivity contribution is -0.130. The average Bonchev–Trinajstić information content (AvgIpc) is 2.74. The van der Waals surface area contributed by atoms with Gasteiger partial charge in [-0.3, -0.25) is 9.79 Å². The van der Waals surface area contributed by atoms with E-state index in [2.05, 4.69) is 0 Å². The fourth-order valence-electron chi connectivity index (χ4n) is 3.78. The van der Waals surface area contributed by atoms with Crippen LogP contribution in [0.5, 0.6) is 11.5 Å². The molecule has 1 aliphatic heterocycles. The number of fused-ring (bicyclic) bond motifs is 1. The van der Waals surface area contributed by atoms with Crippen molar-refractivity contribution in [1.82, 2.24) is 4.90 Å². The van der Waals surface area contributed by atoms with Crippen LogP contribution >= 0.6 is 12.4 Å². The number of amides is 1. The van der Waals surface area contributed by atoms with E-state index in [4.69, 9.17) is 14.5 Å². The van der Waals surface area contributed by atoms with Crippen molar-refractivity contribution < 1.29 is 14.3 Å². The van der Waals surface area contributed by atoms with E-state index in [0.29, 0.717) is 31.1 Å². The highest BCUT2D eigenvalue weighted by atomic mass is 35.5. The zero-order valence-electron chi connectivity index (χ0n) is 17.5. The topological polar surface area (TPSA) is 51.1 Å². The lowest BCUT2D eigenvalue weighted by Gasteiger charge is -2.29. The number of carbonyl (C=O) groups is 1. The number of rotatable bonds is 7. The summed E-state index contributed by atoms with van der Waals surface area (Å²) in [5.74, 6) is 1.00. The number of hydrogen-bond acceptors (Lipinski definition) is 4. The summed E-state index contributed by atoms with van der Waals surface area (Å²) in [6, 6.07) is 13.9. The molecule has 0 aliphatic carbocycles. The SMILES string of the molecule is CCN(CC)C(=O)C(C1=NCCc2cc(OC)c(OC)cc21)c1ccccc1.Cl. The van der Waals surface area contributed by atoms with E-state index in [1.165, 1.54) is 0 Å². The monoisotopic (exact) mass is 416 g/mol. The molecule has 1 amide bonds. The zero-order valence-corrected chi connectivity index (χ0v) is 18.3. The molecule has 29 heavy (non-hydrogen) atoms.